The number of nitrogens with zero attached hydrogens (tertiary/aromatic N) is 2. The van der Waals surface area contributed by atoms with Crippen LogP contribution in [0.2, 0.25) is 5.02 Å². The largest absolute Gasteiger partial charge is 0.421 e. The van der Waals surface area contributed by atoms with Crippen LogP contribution in [0.25, 0.3) is 11.5 Å². The maximum absolute atomic E-state index is 6.25. The van der Waals surface area contributed by atoms with E-state index in [1.807, 2.05) is 25.1 Å². The zero-order valence-electron chi connectivity index (χ0n) is 10.8. The fourth-order valence-corrected chi connectivity index (χ4v) is 2.15. The van der Waals surface area contributed by atoms with Gasteiger partial charge in [-0.2, -0.15) is 0 Å². The molecule has 0 atom stereocenters. The zero-order valence-corrected chi connectivity index (χ0v) is 11.6. The molecule has 0 saturated heterocycles. The lowest BCUT2D eigenvalue weighted by Crippen LogP contribution is -2.19. The molecule has 1 saturated carbocycles. The van der Waals surface area contributed by atoms with E-state index in [0.717, 1.165) is 24.1 Å². The SMILES string of the molecule is Cc1cccc(-c2nnc(CCNC3CC3)o2)c1Cl. The third-order valence-electron chi connectivity index (χ3n) is 3.24. The minimum atomic E-state index is 0.495. The van der Waals surface area contributed by atoms with Crippen LogP contribution in [0.5, 0.6) is 0 Å². The second-order valence-corrected chi connectivity index (χ2v) is 5.29. The number of nitrogens with one attached hydrogen (secondary N) is 1. The molecule has 1 heterocycles. The summed E-state index contributed by atoms with van der Waals surface area (Å²) in [4.78, 5) is 0. The summed E-state index contributed by atoms with van der Waals surface area (Å²) in [5.41, 5.74) is 1.81. The summed E-state index contributed by atoms with van der Waals surface area (Å²) in [6, 6.07) is 6.50. The van der Waals surface area contributed by atoms with Crippen molar-refractivity contribution in [3.63, 3.8) is 0 Å². The Morgan fingerprint density at radius 2 is 2.21 bits per heavy atom. The Balaban J connectivity index is 1.70. The first-order valence-electron chi connectivity index (χ1n) is 6.55. The lowest BCUT2D eigenvalue weighted by molar-refractivity contribution is 0.494. The van der Waals surface area contributed by atoms with Crippen molar-refractivity contribution in [3.05, 3.63) is 34.7 Å². The van der Waals surface area contributed by atoms with Crippen molar-refractivity contribution in [1.29, 1.82) is 0 Å². The maximum Gasteiger partial charge on any atom is 0.249 e. The summed E-state index contributed by atoms with van der Waals surface area (Å²) in [6.45, 7) is 2.84. The summed E-state index contributed by atoms with van der Waals surface area (Å²) in [6.07, 6.45) is 3.33. The van der Waals surface area contributed by atoms with Gasteiger partial charge in [-0.05, 0) is 31.4 Å². The molecule has 5 heteroatoms. The van der Waals surface area contributed by atoms with Crippen LogP contribution in [0.3, 0.4) is 0 Å². The first kappa shape index (κ1) is 12.6. The third-order valence-corrected chi connectivity index (χ3v) is 3.74. The highest BCUT2D eigenvalue weighted by Crippen LogP contribution is 2.29. The van der Waals surface area contributed by atoms with Crippen LogP contribution in [-0.2, 0) is 6.42 Å². The molecule has 1 aliphatic rings. The summed E-state index contributed by atoms with van der Waals surface area (Å²) < 4.78 is 5.66. The number of hydrogen-bond acceptors (Lipinski definition) is 4. The summed E-state index contributed by atoms with van der Waals surface area (Å²) in [7, 11) is 0. The predicted octanol–water partition coefficient (Wildman–Crippen LogP) is 2.99. The normalized spacial score (nSPS) is 14.8. The van der Waals surface area contributed by atoms with E-state index < -0.39 is 0 Å². The van der Waals surface area contributed by atoms with Gasteiger partial charge in [-0.15, -0.1) is 10.2 Å². The smallest absolute Gasteiger partial charge is 0.249 e. The number of rotatable bonds is 5. The lowest BCUT2D eigenvalue weighted by atomic mass is 10.1. The van der Waals surface area contributed by atoms with Crippen LogP contribution in [0.4, 0.5) is 0 Å². The molecule has 0 spiro atoms. The quantitative estimate of drug-likeness (QED) is 0.913. The monoisotopic (exact) mass is 277 g/mol. The van der Waals surface area contributed by atoms with Gasteiger partial charge in [0.2, 0.25) is 11.8 Å². The number of hydrogen-bond donors (Lipinski definition) is 1. The van der Waals surface area contributed by atoms with Crippen LogP contribution in [0.1, 0.15) is 24.3 Å². The fraction of sp³-hybridized carbons (Fsp3) is 0.429. The summed E-state index contributed by atoms with van der Waals surface area (Å²) >= 11 is 6.25. The Hall–Kier alpha value is -1.39. The Labute approximate surface area is 117 Å². The van der Waals surface area contributed by atoms with Crippen molar-refractivity contribution >= 4 is 11.6 Å². The molecule has 0 bridgehead atoms. The van der Waals surface area contributed by atoms with E-state index in [1.54, 1.807) is 0 Å². The molecule has 1 aromatic carbocycles. The molecule has 1 aliphatic carbocycles. The van der Waals surface area contributed by atoms with E-state index in [0.29, 0.717) is 22.8 Å². The van der Waals surface area contributed by atoms with Crippen molar-refractivity contribution in [3.8, 4) is 11.5 Å². The van der Waals surface area contributed by atoms with Gasteiger partial charge in [0, 0.05) is 19.0 Å². The predicted molar refractivity (Wildman–Crippen MR) is 74.2 cm³/mol. The molecule has 1 fully saturated rings. The van der Waals surface area contributed by atoms with Gasteiger partial charge < -0.3 is 9.73 Å². The van der Waals surface area contributed by atoms with Crippen LogP contribution < -0.4 is 5.32 Å². The van der Waals surface area contributed by atoms with E-state index in [1.165, 1.54) is 12.8 Å². The van der Waals surface area contributed by atoms with Crippen molar-refractivity contribution in [1.82, 2.24) is 15.5 Å². The van der Waals surface area contributed by atoms with Crippen LogP contribution in [0.15, 0.2) is 22.6 Å². The molecule has 0 unspecified atom stereocenters. The fourth-order valence-electron chi connectivity index (χ4n) is 1.95. The van der Waals surface area contributed by atoms with Gasteiger partial charge in [-0.25, -0.2) is 0 Å². The summed E-state index contributed by atoms with van der Waals surface area (Å²) in [5, 5.41) is 12.2. The van der Waals surface area contributed by atoms with Gasteiger partial charge in [-0.3, -0.25) is 0 Å². The van der Waals surface area contributed by atoms with Crippen molar-refractivity contribution in [2.45, 2.75) is 32.2 Å². The molecule has 2 aromatic rings. The highest BCUT2D eigenvalue weighted by atomic mass is 35.5. The number of benzene rings is 1. The molecule has 0 aliphatic heterocycles. The standard InChI is InChI=1S/C14H16ClN3O/c1-9-3-2-4-11(13(9)15)14-18-17-12(19-14)7-8-16-10-5-6-10/h2-4,10,16H,5-8H2,1H3. The molecule has 3 rings (SSSR count). The first-order valence-corrected chi connectivity index (χ1v) is 6.93. The highest BCUT2D eigenvalue weighted by Gasteiger charge is 2.20. The van der Waals surface area contributed by atoms with Gasteiger partial charge in [0.05, 0.1) is 10.6 Å². The van der Waals surface area contributed by atoms with E-state index >= 15 is 0 Å². The van der Waals surface area contributed by atoms with Crippen LogP contribution in [-0.4, -0.2) is 22.8 Å². The minimum absolute atomic E-state index is 0.495. The molecule has 0 radical (unpaired) electrons. The second-order valence-electron chi connectivity index (χ2n) is 4.92. The van der Waals surface area contributed by atoms with Crippen molar-refractivity contribution in [2.75, 3.05) is 6.54 Å². The number of aryl methyl sites for hydroxylation is 1. The molecule has 4 nitrogen and oxygen atoms in total. The third kappa shape index (κ3) is 2.96. The Kier molecular flexibility index (Phi) is 3.53. The minimum Gasteiger partial charge on any atom is -0.421 e. The molecule has 0 amide bonds. The van der Waals surface area contributed by atoms with Crippen molar-refractivity contribution < 1.29 is 4.42 Å². The molecule has 19 heavy (non-hydrogen) atoms. The highest BCUT2D eigenvalue weighted by molar-refractivity contribution is 6.33. The van der Waals surface area contributed by atoms with Crippen LogP contribution in [0, 0.1) is 6.92 Å². The van der Waals surface area contributed by atoms with Crippen LogP contribution >= 0.6 is 11.6 Å². The van der Waals surface area contributed by atoms with E-state index in [4.69, 9.17) is 16.0 Å². The Morgan fingerprint density at radius 1 is 1.37 bits per heavy atom. The molecule has 100 valence electrons. The Bertz CT molecular complexity index is 578. The summed E-state index contributed by atoms with van der Waals surface area (Å²) in [5.74, 6) is 1.15. The van der Waals surface area contributed by atoms with Crippen molar-refractivity contribution in [2.24, 2.45) is 0 Å². The lowest BCUT2D eigenvalue weighted by Gasteiger charge is -2.01. The van der Waals surface area contributed by atoms with E-state index in [9.17, 15) is 0 Å². The van der Waals surface area contributed by atoms with E-state index in [-0.39, 0.29) is 0 Å². The molecular formula is C14H16ClN3O. The van der Waals surface area contributed by atoms with Gasteiger partial charge in [0.1, 0.15) is 0 Å². The number of halogens is 1. The maximum atomic E-state index is 6.25. The van der Waals surface area contributed by atoms with Gasteiger partial charge >= 0.3 is 0 Å². The average Bonchev–Trinajstić information content (AvgIpc) is 3.10. The van der Waals surface area contributed by atoms with Gasteiger partial charge in [0.25, 0.3) is 0 Å². The Morgan fingerprint density at radius 3 is 3.00 bits per heavy atom. The molecule has 1 aromatic heterocycles. The molecular weight excluding hydrogens is 262 g/mol. The van der Waals surface area contributed by atoms with Gasteiger partial charge in [-0.1, -0.05) is 23.7 Å². The topological polar surface area (TPSA) is 51.0 Å². The zero-order chi connectivity index (χ0) is 13.2. The number of aromatic nitrogens is 2. The average molecular weight is 278 g/mol. The molecule has 1 N–H and O–H groups in total. The first-order chi connectivity index (χ1) is 9.24. The van der Waals surface area contributed by atoms with Gasteiger partial charge in [0.15, 0.2) is 0 Å². The second kappa shape index (κ2) is 5.31. The van der Waals surface area contributed by atoms with E-state index in [2.05, 4.69) is 15.5 Å².